The number of nitrogens with one attached hydrogen (secondary N) is 4. The number of urea groups is 1. The maximum Gasteiger partial charge on any atom is 0.344 e. The third kappa shape index (κ3) is 7.82. The van der Waals surface area contributed by atoms with Gasteiger partial charge in [0.05, 0.1) is 18.7 Å². The van der Waals surface area contributed by atoms with Gasteiger partial charge < -0.3 is 30.7 Å². The predicted octanol–water partition coefficient (Wildman–Crippen LogP) is 1.20. The number of amides is 4. The number of hydrogen-bond donors (Lipinski definition) is 4. The van der Waals surface area contributed by atoms with E-state index in [-0.39, 0.29) is 43.1 Å². The number of benzene rings is 1. The number of rotatable bonds is 13. The molecule has 0 unspecified atom stereocenters. The molecule has 3 rings (SSSR count). The maximum atomic E-state index is 12.3. The van der Waals surface area contributed by atoms with E-state index in [0.29, 0.717) is 36.1 Å². The molecule has 0 saturated carbocycles. The lowest BCUT2D eigenvalue weighted by atomic mass is 10.0. The molecule has 0 aromatic heterocycles. The molecule has 11 heteroatoms. The second kappa shape index (κ2) is 13.1. The lowest BCUT2D eigenvalue weighted by molar-refractivity contribution is -0.145. The molecular weight excluding hydrogens is 460 g/mol. The Kier molecular flexibility index (Phi) is 9.87. The number of hydrogen-bond acceptors (Lipinski definition) is 7. The van der Waals surface area contributed by atoms with E-state index in [1.54, 1.807) is 31.2 Å². The summed E-state index contributed by atoms with van der Waals surface area (Å²) < 4.78 is 10.1. The Morgan fingerprint density at radius 3 is 2.79 bits per heavy atom. The van der Waals surface area contributed by atoms with E-state index in [2.05, 4.69) is 21.3 Å². The average molecular weight is 493 g/mol. The first-order valence-corrected chi connectivity index (χ1v) is 12.6. The van der Waals surface area contributed by atoms with Crippen LogP contribution in [0.3, 0.4) is 0 Å². The molecule has 2 aliphatic rings. The Labute approximate surface area is 203 Å². The van der Waals surface area contributed by atoms with E-state index >= 15 is 0 Å². The van der Waals surface area contributed by atoms with Crippen LogP contribution in [-0.4, -0.2) is 73.2 Å². The fourth-order valence-corrected chi connectivity index (χ4v) is 5.46. The highest BCUT2D eigenvalue weighted by molar-refractivity contribution is 8.00. The van der Waals surface area contributed by atoms with Gasteiger partial charge in [-0.05, 0) is 38.0 Å². The molecule has 0 spiro atoms. The molecule has 2 heterocycles. The maximum absolute atomic E-state index is 12.3. The zero-order chi connectivity index (χ0) is 24.3. The molecular formula is C23H32N4O6S. The summed E-state index contributed by atoms with van der Waals surface area (Å²) in [5.74, 6) is 0.518. The average Bonchev–Trinajstić information content (AvgIpc) is 3.37. The largest absolute Gasteiger partial charge is 0.482 e. The zero-order valence-electron chi connectivity index (χ0n) is 19.3. The van der Waals surface area contributed by atoms with E-state index in [1.807, 2.05) is 11.8 Å². The van der Waals surface area contributed by atoms with Crippen molar-refractivity contribution < 1.29 is 28.7 Å². The van der Waals surface area contributed by atoms with Gasteiger partial charge in [0.2, 0.25) is 5.91 Å². The highest BCUT2D eigenvalue weighted by Gasteiger charge is 2.42. The fourth-order valence-electron chi connectivity index (χ4n) is 3.91. The van der Waals surface area contributed by atoms with Crippen molar-refractivity contribution in [3.8, 4) is 5.75 Å². The van der Waals surface area contributed by atoms with Crippen molar-refractivity contribution in [2.24, 2.45) is 0 Å². The van der Waals surface area contributed by atoms with Gasteiger partial charge in [-0.3, -0.25) is 9.59 Å². The standard InChI is InChI=1S/C23H32N4O6S/c1-2-32-20(29)13-33-16-7-5-6-15(12-16)22(30)25-11-10-24-19(28)9-4-3-8-18-21-17(14-34-18)26-23(31)27-21/h5-7,12,17-18,21H,2-4,8-11,13-14H2,1H3,(H,24,28)(H,25,30)(H2,26,27,31)/t17-,18-,21-/m0/s1. The lowest BCUT2D eigenvalue weighted by Crippen LogP contribution is -2.36. The number of unbranched alkanes of at least 4 members (excludes halogenated alkanes) is 1. The molecule has 0 radical (unpaired) electrons. The van der Waals surface area contributed by atoms with E-state index in [4.69, 9.17) is 9.47 Å². The molecule has 3 atom stereocenters. The minimum absolute atomic E-state index is 0.0450. The number of ether oxygens (including phenoxy) is 2. The van der Waals surface area contributed by atoms with Gasteiger partial charge in [-0.1, -0.05) is 12.5 Å². The molecule has 186 valence electrons. The highest BCUT2D eigenvalue weighted by atomic mass is 32.2. The van der Waals surface area contributed by atoms with Crippen molar-refractivity contribution in [3.63, 3.8) is 0 Å². The van der Waals surface area contributed by atoms with E-state index in [1.165, 1.54) is 0 Å². The van der Waals surface area contributed by atoms with Crippen molar-refractivity contribution in [2.75, 3.05) is 32.1 Å². The lowest BCUT2D eigenvalue weighted by Gasteiger charge is -2.16. The Hall–Kier alpha value is -2.95. The number of carbonyl (C=O) groups excluding carboxylic acids is 4. The monoisotopic (exact) mass is 492 g/mol. The Morgan fingerprint density at radius 2 is 1.97 bits per heavy atom. The molecule has 2 aliphatic heterocycles. The van der Waals surface area contributed by atoms with Crippen LogP contribution in [0.1, 0.15) is 43.0 Å². The molecule has 2 saturated heterocycles. The van der Waals surface area contributed by atoms with Crippen molar-refractivity contribution in [1.82, 2.24) is 21.3 Å². The van der Waals surface area contributed by atoms with Crippen LogP contribution in [0.5, 0.6) is 5.75 Å². The van der Waals surface area contributed by atoms with Crippen molar-refractivity contribution in [3.05, 3.63) is 29.8 Å². The summed E-state index contributed by atoms with van der Waals surface area (Å²) in [4.78, 5) is 47.2. The molecule has 4 amide bonds. The fraction of sp³-hybridized carbons (Fsp3) is 0.565. The quantitative estimate of drug-likeness (QED) is 0.185. The van der Waals surface area contributed by atoms with Crippen LogP contribution in [0.4, 0.5) is 4.79 Å². The summed E-state index contributed by atoms with van der Waals surface area (Å²) in [5.41, 5.74) is 0.397. The summed E-state index contributed by atoms with van der Waals surface area (Å²) in [6.07, 6.45) is 3.12. The smallest absolute Gasteiger partial charge is 0.344 e. The van der Waals surface area contributed by atoms with Crippen LogP contribution in [0.2, 0.25) is 0 Å². The zero-order valence-corrected chi connectivity index (χ0v) is 20.1. The molecule has 0 aliphatic carbocycles. The Morgan fingerprint density at radius 1 is 1.15 bits per heavy atom. The first kappa shape index (κ1) is 25.7. The minimum Gasteiger partial charge on any atom is -0.482 e. The molecule has 1 aromatic rings. The van der Waals surface area contributed by atoms with Gasteiger partial charge in [0.15, 0.2) is 6.61 Å². The number of fused-ring (bicyclic) bond motifs is 1. The predicted molar refractivity (Wildman–Crippen MR) is 128 cm³/mol. The summed E-state index contributed by atoms with van der Waals surface area (Å²) in [5, 5.41) is 11.9. The van der Waals surface area contributed by atoms with Crippen LogP contribution in [0.15, 0.2) is 24.3 Å². The van der Waals surface area contributed by atoms with Crippen LogP contribution in [0.25, 0.3) is 0 Å². The van der Waals surface area contributed by atoms with Gasteiger partial charge in [0, 0.05) is 36.1 Å². The van der Waals surface area contributed by atoms with Crippen molar-refractivity contribution in [2.45, 2.75) is 49.9 Å². The molecule has 4 N–H and O–H groups in total. The molecule has 2 fully saturated rings. The second-order valence-electron chi connectivity index (χ2n) is 8.10. The Balaban J connectivity index is 1.25. The van der Waals surface area contributed by atoms with Gasteiger partial charge in [0.25, 0.3) is 5.91 Å². The first-order chi connectivity index (χ1) is 16.5. The minimum atomic E-state index is -0.473. The van der Waals surface area contributed by atoms with Crippen molar-refractivity contribution >= 4 is 35.6 Å². The van der Waals surface area contributed by atoms with Gasteiger partial charge in [-0.15, -0.1) is 0 Å². The normalized spacial score (nSPS) is 20.6. The first-order valence-electron chi connectivity index (χ1n) is 11.6. The van der Waals surface area contributed by atoms with Gasteiger partial charge >= 0.3 is 12.0 Å². The van der Waals surface area contributed by atoms with Gasteiger partial charge in [-0.2, -0.15) is 11.8 Å². The van der Waals surface area contributed by atoms with Crippen LogP contribution >= 0.6 is 11.8 Å². The molecule has 1 aromatic carbocycles. The van der Waals surface area contributed by atoms with Crippen LogP contribution in [0, 0.1) is 0 Å². The summed E-state index contributed by atoms with van der Waals surface area (Å²) in [7, 11) is 0. The number of thioether (sulfide) groups is 1. The third-order valence-electron chi connectivity index (χ3n) is 5.57. The number of carbonyl (C=O) groups is 4. The van der Waals surface area contributed by atoms with Gasteiger partial charge in [0.1, 0.15) is 5.75 Å². The molecule has 34 heavy (non-hydrogen) atoms. The van der Waals surface area contributed by atoms with E-state index < -0.39 is 5.97 Å². The SMILES string of the molecule is CCOC(=O)COc1cccc(C(=O)NCCNC(=O)CCCC[C@@H]2SC[C@@H]3NC(=O)N[C@@H]32)c1. The third-order valence-corrected chi connectivity index (χ3v) is 7.08. The van der Waals surface area contributed by atoms with E-state index in [0.717, 1.165) is 25.0 Å². The summed E-state index contributed by atoms with van der Waals surface area (Å²) in [6, 6.07) is 6.84. The summed E-state index contributed by atoms with van der Waals surface area (Å²) in [6.45, 7) is 2.41. The summed E-state index contributed by atoms with van der Waals surface area (Å²) >= 11 is 1.87. The second-order valence-corrected chi connectivity index (χ2v) is 9.37. The van der Waals surface area contributed by atoms with Crippen molar-refractivity contribution in [1.29, 1.82) is 0 Å². The van der Waals surface area contributed by atoms with Crippen LogP contribution in [-0.2, 0) is 14.3 Å². The van der Waals surface area contributed by atoms with Gasteiger partial charge in [-0.25, -0.2) is 9.59 Å². The Bertz CT molecular complexity index is 883. The van der Waals surface area contributed by atoms with E-state index in [9.17, 15) is 19.2 Å². The topological polar surface area (TPSA) is 135 Å². The van der Waals surface area contributed by atoms with Crippen LogP contribution < -0.4 is 26.0 Å². The highest BCUT2D eigenvalue weighted by Crippen LogP contribution is 2.33. The molecule has 0 bridgehead atoms. The molecule has 10 nitrogen and oxygen atoms in total. The number of esters is 1.